The van der Waals surface area contributed by atoms with Crippen LogP contribution in [0.1, 0.15) is 31.2 Å². The number of nitrogens with zero attached hydrogens (tertiary/aromatic N) is 1. The van der Waals surface area contributed by atoms with Crippen molar-refractivity contribution in [2.75, 3.05) is 11.4 Å². The van der Waals surface area contributed by atoms with E-state index in [-0.39, 0.29) is 0 Å². The van der Waals surface area contributed by atoms with Crippen molar-refractivity contribution < 1.29 is 0 Å². The predicted octanol–water partition coefficient (Wildman–Crippen LogP) is 4.94. The van der Waals surface area contributed by atoms with Crippen LogP contribution < -0.4 is 4.90 Å². The summed E-state index contributed by atoms with van der Waals surface area (Å²) in [5, 5.41) is 0. The summed E-state index contributed by atoms with van der Waals surface area (Å²) in [6, 6.07) is 19.8. The van der Waals surface area contributed by atoms with Gasteiger partial charge in [0.05, 0.1) is 0 Å². The SMILES string of the molecule is c1ccc(N2CC3(CCCC3)Cc3ccccc32)cc1. The second-order valence-electron chi connectivity index (χ2n) is 6.43. The van der Waals surface area contributed by atoms with Gasteiger partial charge in [0.25, 0.3) is 0 Å². The molecule has 0 N–H and O–H groups in total. The Labute approximate surface area is 121 Å². The molecule has 102 valence electrons. The van der Waals surface area contributed by atoms with Crippen LogP contribution in [-0.4, -0.2) is 6.54 Å². The highest BCUT2D eigenvalue weighted by Crippen LogP contribution is 2.48. The van der Waals surface area contributed by atoms with Crippen LogP contribution in [0.3, 0.4) is 0 Å². The molecule has 1 heterocycles. The van der Waals surface area contributed by atoms with E-state index < -0.39 is 0 Å². The zero-order valence-electron chi connectivity index (χ0n) is 11.9. The van der Waals surface area contributed by atoms with Crippen LogP contribution in [0.4, 0.5) is 11.4 Å². The van der Waals surface area contributed by atoms with E-state index in [4.69, 9.17) is 0 Å². The Balaban J connectivity index is 1.81. The standard InChI is InChI=1S/C19H21N/c1-2-9-17(10-3-1)20-15-19(12-6-7-13-19)14-16-8-4-5-11-18(16)20/h1-5,8-11H,6-7,12-15H2. The van der Waals surface area contributed by atoms with Crippen LogP contribution >= 0.6 is 0 Å². The number of fused-ring (bicyclic) bond motifs is 1. The summed E-state index contributed by atoms with van der Waals surface area (Å²) in [4.78, 5) is 2.55. The summed E-state index contributed by atoms with van der Waals surface area (Å²) in [7, 11) is 0. The Hall–Kier alpha value is -1.76. The van der Waals surface area contributed by atoms with Crippen LogP contribution in [0, 0.1) is 5.41 Å². The molecule has 4 rings (SSSR count). The molecule has 1 aliphatic heterocycles. The average molecular weight is 263 g/mol. The van der Waals surface area contributed by atoms with Gasteiger partial charge in [-0.05, 0) is 48.4 Å². The van der Waals surface area contributed by atoms with Gasteiger partial charge in [0.15, 0.2) is 0 Å². The fourth-order valence-corrected chi connectivity index (χ4v) is 4.10. The first-order chi connectivity index (χ1) is 9.86. The zero-order chi connectivity index (χ0) is 13.4. The average Bonchev–Trinajstić information content (AvgIpc) is 2.95. The van der Waals surface area contributed by atoms with Crippen molar-refractivity contribution in [2.24, 2.45) is 5.41 Å². The number of rotatable bonds is 1. The molecule has 0 amide bonds. The van der Waals surface area contributed by atoms with Gasteiger partial charge in [0.2, 0.25) is 0 Å². The van der Waals surface area contributed by atoms with Gasteiger partial charge >= 0.3 is 0 Å². The topological polar surface area (TPSA) is 3.24 Å². The van der Waals surface area contributed by atoms with Gasteiger partial charge in [-0.1, -0.05) is 49.2 Å². The molecule has 20 heavy (non-hydrogen) atoms. The number of para-hydroxylation sites is 2. The summed E-state index contributed by atoms with van der Waals surface area (Å²) in [5.41, 5.74) is 4.80. The third-order valence-corrected chi connectivity index (χ3v) is 5.07. The van der Waals surface area contributed by atoms with E-state index in [2.05, 4.69) is 59.5 Å². The molecule has 0 aromatic heterocycles. The molecule has 1 fully saturated rings. The molecule has 2 aromatic rings. The van der Waals surface area contributed by atoms with Gasteiger partial charge in [-0.3, -0.25) is 0 Å². The van der Waals surface area contributed by atoms with Crippen LogP contribution in [0.15, 0.2) is 54.6 Å². The van der Waals surface area contributed by atoms with E-state index >= 15 is 0 Å². The molecule has 1 nitrogen and oxygen atoms in total. The molecule has 2 aromatic carbocycles. The lowest BCUT2D eigenvalue weighted by Crippen LogP contribution is -2.39. The Bertz CT molecular complexity index is 596. The maximum atomic E-state index is 2.55. The summed E-state index contributed by atoms with van der Waals surface area (Å²) in [6.07, 6.45) is 6.87. The molecule has 1 spiro atoms. The summed E-state index contributed by atoms with van der Waals surface area (Å²) in [6.45, 7) is 1.19. The molecule has 2 aliphatic rings. The lowest BCUT2D eigenvalue weighted by Gasteiger charge is -2.43. The van der Waals surface area contributed by atoms with Crippen molar-refractivity contribution in [1.82, 2.24) is 0 Å². The monoisotopic (exact) mass is 263 g/mol. The van der Waals surface area contributed by atoms with E-state index in [1.807, 2.05) is 0 Å². The Kier molecular flexibility index (Phi) is 2.80. The molecule has 0 atom stereocenters. The Morgan fingerprint density at radius 1 is 0.800 bits per heavy atom. The van der Waals surface area contributed by atoms with Gasteiger partial charge in [-0.15, -0.1) is 0 Å². The molecule has 0 radical (unpaired) electrons. The van der Waals surface area contributed by atoms with Gasteiger partial charge in [0.1, 0.15) is 0 Å². The minimum Gasteiger partial charge on any atom is -0.341 e. The first-order valence-corrected chi connectivity index (χ1v) is 7.77. The largest absolute Gasteiger partial charge is 0.341 e. The summed E-state index contributed by atoms with van der Waals surface area (Å²) in [5.74, 6) is 0. The summed E-state index contributed by atoms with van der Waals surface area (Å²) >= 11 is 0. The fraction of sp³-hybridized carbons (Fsp3) is 0.368. The van der Waals surface area contributed by atoms with Crippen molar-refractivity contribution in [2.45, 2.75) is 32.1 Å². The van der Waals surface area contributed by atoms with Gasteiger partial charge < -0.3 is 4.90 Å². The van der Waals surface area contributed by atoms with Crippen LogP contribution in [-0.2, 0) is 6.42 Å². The van der Waals surface area contributed by atoms with Crippen LogP contribution in [0.5, 0.6) is 0 Å². The molecule has 1 saturated carbocycles. The molecule has 0 saturated heterocycles. The van der Waals surface area contributed by atoms with Gasteiger partial charge in [0, 0.05) is 17.9 Å². The third-order valence-electron chi connectivity index (χ3n) is 5.07. The van der Waals surface area contributed by atoms with E-state index in [9.17, 15) is 0 Å². The van der Waals surface area contributed by atoms with E-state index in [1.54, 1.807) is 0 Å². The highest BCUT2D eigenvalue weighted by atomic mass is 15.2. The van der Waals surface area contributed by atoms with Gasteiger partial charge in [-0.2, -0.15) is 0 Å². The fourth-order valence-electron chi connectivity index (χ4n) is 4.10. The quantitative estimate of drug-likeness (QED) is 0.704. The number of hydrogen-bond acceptors (Lipinski definition) is 1. The minimum absolute atomic E-state index is 0.518. The smallest absolute Gasteiger partial charge is 0.0443 e. The second-order valence-corrected chi connectivity index (χ2v) is 6.43. The maximum Gasteiger partial charge on any atom is 0.0443 e. The first kappa shape index (κ1) is 12.0. The second kappa shape index (κ2) is 4.66. The maximum absolute atomic E-state index is 2.55. The van der Waals surface area contributed by atoms with Crippen molar-refractivity contribution >= 4 is 11.4 Å². The zero-order valence-corrected chi connectivity index (χ0v) is 11.9. The Morgan fingerprint density at radius 2 is 1.50 bits per heavy atom. The predicted molar refractivity (Wildman–Crippen MR) is 84.5 cm³/mol. The number of hydrogen-bond donors (Lipinski definition) is 0. The molecule has 0 bridgehead atoms. The highest BCUT2D eigenvalue weighted by molar-refractivity contribution is 5.68. The number of benzene rings is 2. The summed E-state index contributed by atoms with van der Waals surface area (Å²) < 4.78 is 0. The van der Waals surface area contributed by atoms with Crippen LogP contribution in [0.2, 0.25) is 0 Å². The molecular formula is C19H21N. The van der Waals surface area contributed by atoms with Crippen molar-refractivity contribution in [3.8, 4) is 0 Å². The Morgan fingerprint density at radius 3 is 2.30 bits per heavy atom. The van der Waals surface area contributed by atoms with Gasteiger partial charge in [-0.25, -0.2) is 0 Å². The van der Waals surface area contributed by atoms with Crippen molar-refractivity contribution in [3.05, 3.63) is 60.2 Å². The normalized spacial score (nSPS) is 20.1. The lowest BCUT2D eigenvalue weighted by molar-refractivity contribution is 0.295. The molecule has 1 heteroatoms. The first-order valence-electron chi connectivity index (χ1n) is 7.77. The number of anilines is 2. The lowest BCUT2D eigenvalue weighted by atomic mass is 9.76. The van der Waals surface area contributed by atoms with E-state index in [0.717, 1.165) is 0 Å². The van der Waals surface area contributed by atoms with E-state index in [0.29, 0.717) is 5.41 Å². The molecule has 0 unspecified atom stereocenters. The van der Waals surface area contributed by atoms with Crippen LogP contribution in [0.25, 0.3) is 0 Å². The molecular weight excluding hydrogens is 242 g/mol. The minimum atomic E-state index is 0.518. The molecule has 1 aliphatic carbocycles. The third kappa shape index (κ3) is 1.93. The van der Waals surface area contributed by atoms with Crippen molar-refractivity contribution in [3.63, 3.8) is 0 Å². The highest BCUT2D eigenvalue weighted by Gasteiger charge is 2.40. The van der Waals surface area contributed by atoms with Crippen molar-refractivity contribution in [1.29, 1.82) is 0 Å². The van der Waals surface area contributed by atoms with E-state index in [1.165, 1.54) is 55.6 Å².